The van der Waals surface area contributed by atoms with E-state index >= 15 is 0 Å². The molecule has 11 aromatic rings. The number of fused-ring (bicyclic) bond motifs is 10. The summed E-state index contributed by atoms with van der Waals surface area (Å²) in [5, 5.41) is 2.83. The van der Waals surface area contributed by atoms with Crippen molar-refractivity contribution in [3.63, 3.8) is 0 Å². The van der Waals surface area contributed by atoms with E-state index in [9.17, 15) is 0 Å². The van der Waals surface area contributed by atoms with Crippen LogP contribution in [0.4, 0.5) is 0 Å². The van der Waals surface area contributed by atoms with Gasteiger partial charge in [-0.2, -0.15) is 9.13 Å². The lowest BCUT2D eigenvalue weighted by Crippen LogP contribution is -2.31. The zero-order valence-electron chi connectivity index (χ0n) is 35.6. The van der Waals surface area contributed by atoms with Crippen molar-refractivity contribution in [1.29, 1.82) is 0 Å². The van der Waals surface area contributed by atoms with Crippen LogP contribution in [0, 0.1) is 0 Å². The number of hydrogen-bond acceptors (Lipinski definition) is 2. The maximum atomic E-state index is 6.81. The van der Waals surface area contributed by atoms with E-state index in [4.69, 9.17) is 21.3 Å². The number of imidazole rings is 1. The summed E-state index contributed by atoms with van der Waals surface area (Å²) in [6.07, 6.45) is 4.15. The molecule has 5 nitrogen and oxygen atoms in total. The van der Waals surface area contributed by atoms with E-state index < -0.39 is 0 Å². The van der Waals surface area contributed by atoms with Crippen molar-refractivity contribution in [1.82, 2.24) is 14.1 Å². The maximum Gasteiger partial charge on any atom is 0.255 e. The van der Waals surface area contributed by atoms with Crippen molar-refractivity contribution in [2.24, 2.45) is 0 Å². The molecule has 0 saturated heterocycles. The smallest absolute Gasteiger partial charge is 0.255 e. The van der Waals surface area contributed by atoms with Crippen LogP contribution in [0.15, 0.2) is 201 Å². The standard InChI is InChI=1S/C58H42ClN4O/c1-58(2,3)38-30-31-60-55(32-38)63-52-29-26-39(59)33-51(52)48-28-27-42(35-54(48)63)64-41-17-11-16-40(34-41)61-36-62-56-43(37-14-5-4-6-15-37)22-12-23-49(56)46-20-9-7-18-44(46)45-19-8-10-21-47(45)50-24-13-25-53(61)57(50)62/h4-36H,1-3H3/q+1. The molecule has 0 N–H and O–H groups in total. The van der Waals surface area contributed by atoms with E-state index in [1.807, 2.05) is 30.5 Å². The first-order valence-corrected chi connectivity index (χ1v) is 22.1. The molecular weight excluding hydrogens is 804 g/mol. The Hall–Kier alpha value is -7.73. The van der Waals surface area contributed by atoms with Gasteiger partial charge < -0.3 is 4.74 Å². The van der Waals surface area contributed by atoms with Gasteiger partial charge in [0.15, 0.2) is 11.0 Å². The van der Waals surface area contributed by atoms with E-state index in [2.05, 4.69) is 205 Å². The van der Waals surface area contributed by atoms with E-state index in [0.29, 0.717) is 5.02 Å². The summed E-state index contributed by atoms with van der Waals surface area (Å²) in [6, 6.07) is 66.7. The van der Waals surface area contributed by atoms with Crippen molar-refractivity contribution >= 4 is 44.4 Å². The van der Waals surface area contributed by atoms with Gasteiger partial charge in [0.1, 0.15) is 28.7 Å². The molecule has 0 unspecified atom stereocenters. The van der Waals surface area contributed by atoms with Crippen molar-refractivity contribution in [2.45, 2.75) is 26.2 Å². The first kappa shape index (κ1) is 38.0. The molecule has 0 aliphatic carbocycles. The second kappa shape index (κ2) is 14.7. The van der Waals surface area contributed by atoms with Crippen LogP contribution >= 0.6 is 11.6 Å². The Balaban J connectivity index is 1.04. The first-order valence-electron chi connectivity index (χ1n) is 21.7. The van der Waals surface area contributed by atoms with Crippen molar-refractivity contribution in [3.8, 4) is 73.2 Å². The van der Waals surface area contributed by atoms with Crippen molar-refractivity contribution in [3.05, 3.63) is 211 Å². The van der Waals surface area contributed by atoms with Crippen molar-refractivity contribution < 1.29 is 9.30 Å². The van der Waals surface area contributed by atoms with Gasteiger partial charge >= 0.3 is 0 Å². The number of halogens is 1. The van der Waals surface area contributed by atoms with Crippen LogP contribution in [0.3, 0.4) is 0 Å². The van der Waals surface area contributed by atoms with Gasteiger partial charge in [-0.25, -0.2) is 4.98 Å². The maximum absolute atomic E-state index is 6.81. The van der Waals surface area contributed by atoms with Crippen LogP contribution < -0.4 is 9.30 Å². The molecule has 1 aliphatic heterocycles. The summed E-state index contributed by atoms with van der Waals surface area (Å²) in [4.78, 5) is 4.88. The van der Waals surface area contributed by atoms with E-state index in [-0.39, 0.29) is 5.41 Å². The van der Waals surface area contributed by atoms with Crippen LogP contribution in [0.25, 0.3) is 94.5 Å². The molecule has 8 aromatic carbocycles. The lowest BCUT2D eigenvalue weighted by Gasteiger charge is -2.20. The summed E-state index contributed by atoms with van der Waals surface area (Å²) in [5.41, 5.74) is 17.0. The molecule has 1 aliphatic rings. The van der Waals surface area contributed by atoms with Gasteiger partial charge in [-0.3, -0.25) is 4.57 Å². The zero-order valence-corrected chi connectivity index (χ0v) is 36.4. The van der Waals surface area contributed by atoms with Gasteiger partial charge in [0.25, 0.3) is 6.33 Å². The number of pyridine rings is 1. The minimum absolute atomic E-state index is 0.0378. The molecule has 4 heterocycles. The fourth-order valence-electron chi connectivity index (χ4n) is 9.71. The molecule has 0 radical (unpaired) electrons. The third kappa shape index (κ3) is 6.15. The number of benzene rings is 8. The minimum Gasteiger partial charge on any atom is -0.457 e. The molecule has 6 heteroatoms. The number of ether oxygens (including phenoxy) is 1. The summed E-state index contributed by atoms with van der Waals surface area (Å²) in [6.45, 7) is 6.68. The first-order chi connectivity index (χ1) is 31.3. The highest BCUT2D eigenvalue weighted by atomic mass is 35.5. The van der Waals surface area contributed by atoms with Gasteiger partial charge in [0.05, 0.1) is 11.0 Å². The highest BCUT2D eigenvalue weighted by Gasteiger charge is 2.30. The summed E-state index contributed by atoms with van der Waals surface area (Å²) < 4.78 is 13.7. The second-order valence-electron chi connectivity index (χ2n) is 17.6. The molecule has 0 spiro atoms. The average Bonchev–Trinajstić information content (AvgIpc) is 3.88. The topological polar surface area (TPSA) is 35.9 Å². The zero-order chi connectivity index (χ0) is 43.1. The molecule has 0 bridgehead atoms. The van der Waals surface area contributed by atoms with Crippen LogP contribution in [-0.2, 0) is 5.41 Å². The Bertz CT molecular complexity index is 3650. The molecule has 306 valence electrons. The number of hydrogen-bond donors (Lipinski definition) is 0. The average molecular weight is 846 g/mol. The molecular formula is C58H42ClN4O+. The van der Waals surface area contributed by atoms with Crippen LogP contribution in [-0.4, -0.2) is 14.1 Å². The Kier molecular flexibility index (Phi) is 8.72. The van der Waals surface area contributed by atoms with E-state index in [1.54, 1.807) is 0 Å². The highest BCUT2D eigenvalue weighted by Crippen LogP contribution is 2.45. The lowest BCUT2D eigenvalue weighted by atomic mass is 9.88. The van der Waals surface area contributed by atoms with Gasteiger partial charge in [-0.05, 0) is 106 Å². The van der Waals surface area contributed by atoms with E-state index in [0.717, 1.165) is 78.2 Å². The number of nitrogens with zero attached hydrogens (tertiary/aromatic N) is 4. The fraction of sp³-hybridized carbons (Fsp3) is 0.0690. The van der Waals surface area contributed by atoms with Crippen molar-refractivity contribution in [2.75, 3.05) is 0 Å². The number of rotatable bonds is 5. The van der Waals surface area contributed by atoms with Gasteiger partial charge in [0, 0.05) is 50.8 Å². The molecule has 0 amide bonds. The molecule has 64 heavy (non-hydrogen) atoms. The predicted octanol–water partition coefficient (Wildman–Crippen LogP) is 15.1. The molecule has 0 fully saturated rings. The Labute approximate surface area is 376 Å². The molecule has 0 saturated carbocycles. The quantitative estimate of drug-likeness (QED) is 0.162. The normalized spacial score (nSPS) is 12.1. The van der Waals surface area contributed by atoms with E-state index in [1.165, 1.54) is 33.4 Å². The Morgan fingerprint density at radius 3 is 1.95 bits per heavy atom. The Morgan fingerprint density at radius 2 is 1.17 bits per heavy atom. The van der Waals surface area contributed by atoms with Gasteiger partial charge in [-0.15, -0.1) is 0 Å². The molecule has 3 aromatic heterocycles. The monoisotopic (exact) mass is 845 g/mol. The van der Waals surface area contributed by atoms with Crippen LogP contribution in [0.1, 0.15) is 26.3 Å². The largest absolute Gasteiger partial charge is 0.457 e. The predicted molar refractivity (Wildman–Crippen MR) is 262 cm³/mol. The number of para-hydroxylation sites is 2. The summed E-state index contributed by atoms with van der Waals surface area (Å²) in [5.74, 6) is 2.30. The fourth-order valence-corrected chi connectivity index (χ4v) is 9.88. The van der Waals surface area contributed by atoms with Gasteiger partial charge in [-0.1, -0.05) is 142 Å². The molecule has 12 rings (SSSR count). The van der Waals surface area contributed by atoms with Gasteiger partial charge in [0.2, 0.25) is 0 Å². The minimum atomic E-state index is -0.0378. The highest BCUT2D eigenvalue weighted by molar-refractivity contribution is 6.32. The summed E-state index contributed by atoms with van der Waals surface area (Å²) >= 11 is 6.60. The van der Waals surface area contributed by atoms with Crippen LogP contribution in [0.2, 0.25) is 5.02 Å². The summed E-state index contributed by atoms with van der Waals surface area (Å²) in [7, 11) is 0. The Morgan fingerprint density at radius 1 is 0.516 bits per heavy atom. The second-order valence-corrected chi connectivity index (χ2v) is 18.1. The lowest BCUT2D eigenvalue weighted by molar-refractivity contribution is -0.566. The third-order valence-electron chi connectivity index (χ3n) is 12.7. The number of aromatic nitrogens is 4. The third-order valence-corrected chi connectivity index (χ3v) is 12.9. The molecule has 0 atom stereocenters. The van der Waals surface area contributed by atoms with Crippen LogP contribution in [0.5, 0.6) is 11.5 Å². The SMILES string of the molecule is CC(C)(C)c1ccnc(-n2c3ccc(Cl)cc3c3ccc(Oc4cccc(-n5c[n+]6c7c(cccc75)-c5ccccc5-c5ccccc5-c5cccc(-c7ccccc7)c5-6)c4)cc32)c1.